The molecule has 4 heterocycles. The molecule has 4 N–H and O–H groups in total. The fourth-order valence-electron chi connectivity index (χ4n) is 15.0. The Labute approximate surface area is 619 Å². The van der Waals surface area contributed by atoms with E-state index in [0.717, 1.165) is 60.9 Å². The van der Waals surface area contributed by atoms with Crippen LogP contribution in [0.1, 0.15) is 176 Å². The number of alkyl carbamates (subject to hydrolysis) is 1. The van der Waals surface area contributed by atoms with E-state index in [1.807, 2.05) is 34.6 Å². The molecule has 0 saturated carbocycles. The molecule has 0 aromatic rings. The van der Waals surface area contributed by atoms with Gasteiger partial charge in [-0.2, -0.15) is 0 Å². The lowest BCUT2D eigenvalue weighted by molar-refractivity contribution is -0.322. The van der Waals surface area contributed by atoms with Crippen molar-refractivity contribution in [2.45, 2.75) is 261 Å². The highest BCUT2D eigenvalue weighted by Crippen LogP contribution is 2.36. The average Bonchev–Trinajstić information content (AvgIpc) is 0.752. The van der Waals surface area contributed by atoms with Crippen LogP contribution in [0.2, 0.25) is 0 Å². The molecule has 4 aliphatic heterocycles. The number of rotatable bonds is 20. The molecule has 15 atom stereocenters. The van der Waals surface area contributed by atoms with Gasteiger partial charge >= 0.3 is 6.09 Å². The van der Waals surface area contributed by atoms with Crippen LogP contribution in [0.3, 0.4) is 0 Å². The maximum Gasteiger partial charge on any atom is 0.407 e. The third-order valence-electron chi connectivity index (χ3n) is 21.4. The number of hydroxylamine groups is 2. The summed E-state index contributed by atoms with van der Waals surface area (Å²) in [6.45, 7) is 34.3. The molecule has 30 heteroatoms. The van der Waals surface area contributed by atoms with Gasteiger partial charge in [-0.15, -0.1) is 0 Å². The van der Waals surface area contributed by atoms with Gasteiger partial charge in [0.2, 0.25) is 65.0 Å². The molecule has 4 saturated heterocycles. The van der Waals surface area contributed by atoms with Crippen LogP contribution in [0.15, 0.2) is 0 Å². The van der Waals surface area contributed by atoms with E-state index in [9.17, 15) is 14.4 Å². The predicted octanol–water partition coefficient (Wildman–Crippen LogP) is 3.18. The van der Waals surface area contributed by atoms with Crippen molar-refractivity contribution < 1.29 is 76.6 Å². The van der Waals surface area contributed by atoms with Crippen LogP contribution in [0.4, 0.5) is 4.79 Å². The Kier molecular flexibility index (Phi) is 33.3. The Morgan fingerprint density at radius 1 is 0.615 bits per heavy atom. The van der Waals surface area contributed by atoms with Crippen LogP contribution in [0.25, 0.3) is 0 Å². The standard InChI is InChI=1S/C74H130N14O16/c1-27-51-67(95)80(20)49(15)65(93)85(25)60(74(17,18)40-79(19)70(98)55(43(6)7)78-73(101)102-26)63(91)77-56(44(8)9)71(99)81(21)52(37-41(2)3)61(89)75-48(14)64(92)87-47(13)39-54(83(23)68(96)53(38-42(4)5)82(22)66(94)50(87)16)69(97)84(24)57(45(10)11)72(100)88-58(62(90)76-51)59(104-88)46(12)31-29-28-30-32-86-33-35-103-36-34-86/h41-60H,27-40H2,1-26H3,(H,75,89)(H,76,90)(H,77,91)(H,78,101)/t46-,47?,48+,49+,50-,51+,52-,53?,54+,55-,56+,57-,58+,59-,60-/m0/s1. The lowest BCUT2D eigenvalue weighted by Crippen LogP contribution is -2.72. The van der Waals surface area contributed by atoms with Crippen LogP contribution in [0.5, 0.6) is 0 Å². The van der Waals surface area contributed by atoms with E-state index in [0.29, 0.717) is 19.6 Å². The van der Waals surface area contributed by atoms with Crippen molar-refractivity contribution in [2.24, 2.45) is 40.9 Å². The number of carbonyl (C=O) groups is 13. The molecule has 13 amide bonds. The molecule has 0 radical (unpaired) electrons. The van der Waals surface area contributed by atoms with Crippen molar-refractivity contribution in [1.82, 2.24) is 70.4 Å². The van der Waals surface area contributed by atoms with E-state index < -0.39 is 185 Å². The van der Waals surface area contributed by atoms with Gasteiger partial charge in [0.05, 0.1) is 20.3 Å². The van der Waals surface area contributed by atoms with E-state index in [1.165, 1.54) is 99.5 Å². The first-order valence-electron chi connectivity index (χ1n) is 37.6. The first-order chi connectivity index (χ1) is 48.3. The van der Waals surface area contributed by atoms with Gasteiger partial charge < -0.3 is 69.9 Å². The van der Waals surface area contributed by atoms with Crippen LogP contribution < -0.4 is 21.3 Å². The Bertz CT molecular complexity index is 3010. The molecule has 104 heavy (non-hydrogen) atoms. The van der Waals surface area contributed by atoms with Gasteiger partial charge in [-0.1, -0.05) is 110 Å². The summed E-state index contributed by atoms with van der Waals surface area (Å²) in [6.07, 6.45) is 1.35. The van der Waals surface area contributed by atoms with Gasteiger partial charge in [0, 0.05) is 80.4 Å². The topological polar surface area (TPSA) is 330 Å². The number of hydrogen-bond donors (Lipinski definition) is 4. The van der Waals surface area contributed by atoms with Gasteiger partial charge in [0.15, 0.2) is 6.04 Å². The van der Waals surface area contributed by atoms with E-state index >= 15 is 47.9 Å². The van der Waals surface area contributed by atoms with Crippen molar-refractivity contribution in [3.63, 3.8) is 0 Å². The molecule has 2 unspecified atom stereocenters. The zero-order valence-corrected chi connectivity index (χ0v) is 67.5. The number of likely N-dealkylation sites (N-methyl/N-ethyl adjacent to an activating group) is 7. The normalized spacial score (nSPS) is 28.2. The second-order valence-corrected chi connectivity index (χ2v) is 32.2. The minimum absolute atomic E-state index is 0.00344. The summed E-state index contributed by atoms with van der Waals surface area (Å²) in [5.74, 6) is -11.0. The second-order valence-electron chi connectivity index (χ2n) is 32.2. The summed E-state index contributed by atoms with van der Waals surface area (Å²) < 4.78 is 10.4. The molecular formula is C74H130N14O16. The number of hydrogen-bond acceptors (Lipinski definition) is 17. The highest BCUT2D eigenvalue weighted by molar-refractivity contribution is 6.01. The number of morpholine rings is 1. The second kappa shape index (κ2) is 38.9. The average molecular weight is 1470 g/mol. The van der Waals surface area contributed by atoms with Gasteiger partial charge in [-0.05, 0) is 108 Å². The Hall–Kier alpha value is -7.21. The maximum absolute atomic E-state index is 15.7. The number of methoxy groups -OCH3 is 1. The Morgan fingerprint density at radius 2 is 1.18 bits per heavy atom. The van der Waals surface area contributed by atoms with Gasteiger partial charge in [-0.25, -0.2) is 9.86 Å². The van der Waals surface area contributed by atoms with Gasteiger partial charge in [0.1, 0.15) is 72.6 Å². The number of ether oxygens (including phenoxy) is 2. The summed E-state index contributed by atoms with van der Waals surface area (Å²) >= 11 is 0. The van der Waals surface area contributed by atoms with Gasteiger partial charge in [-0.3, -0.25) is 67.3 Å². The smallest absolute Gasteiger partial charge is 0.407 e. The first kappa shape index (κ1) is 89.2. The van der Waals surface area contributed by atoms with Crippen molar-refractivity contribution in [3.8, 4) is 0 Å². The third kappa shape index (κ3) is 21.8. The quantitative estimate of drug-likeness (QED) is 0.127. The third-order valence-corrected chi connectivity index (χ3v) is 21.4. The highest BCUT2D eigenvalue weighted by Gasteiger charge is 2.55. The fraction of sp³-hybridized carbons (Fsp3) is 0.824. The summed E-state index contributed by atoms with van der Waals surface area (Å²) in [4.78, 5) is 214. The van der Waals surface area contributed by atoms with Crippen molar-refractivity contribution in [2.75, 3.05) is 95.8 Å². The molecular weight excluding hydrogens is 1340 g/mol. The zero-order chi connectivity index (χ0) is 79.2. The predicted molar refractivity (Wildman–Crippen MR) is 392 cm³/mol. The Morgan fingerprint density at radius 3 is 1.72 bits per heavy atom. The molecule has 2 bridgehead atoms. The first-order valence-corrected chi connectivity index (χ1v) is 37.6. The SMILES string of the molecule is CC[C@H]1NC(=O)[C@H]2[C@H]([C@@H](C)CCCCCN3CCOCC3)ON2C(=O)[C@H](C(C)C)N(C)C(=O)[C@H]2CC(C)N(C(=O)[C@@H](C)NC(=O)[C@H](CC(C)C)N(C)C(=O)[C@@H](C(C)C)NC(=O)[C@@H](C(C)(C)CN(C)C(=O)[C@@H](NC(=O)OC)C(C)C)N(C)C(=O)[C@@H](C)N(C)C1=O)[C@@H](C)C(=O)N(C)C(CC(C)C)C(=O)N2C. The summed E-state index contributed by atoms with van der Waals surface area (Å²) in [7, 11) is 11.1. The Balaban J connectivity index is 2.01. The number of nitrogens with zero attached hydrogens (tertiary/aromatic N) is 10. The lowest BCUT2D eigenvalue weighted by Gasteiger charge is -2.50. The van der Waals surface area contributed by atoms with E-state index in [2.05, 4.69) is 26.2 Å². The van der Waals surface area contributed by atoms with E-state index in [-0.39, 0.29) is 50.0 Å². The van der Waals surface area contributed by atoms with Crippen molar-refractivity contribution in [1.29, 1.82) is 0 Å². The summed E-state index contributed by atoms with van der Waals surface area (Å²) in [5, 5.41) is 12.2. The van der Waals surface area contributed by atoms with Crippen molar-refractivity contribution >= 4 is 77.0 Å². The minimum atomic E-state index is -1.54. The molecule has 4 rings (SSSR count). The van der Waals surface area contributed by atoms with E-state index in [1.54, 1.807) is 69.2 Å². The zero-order valence-electron chi connectivity index (χ0n) is 67.5. The molecule has 0 aromatic heterocycles. The van der Waals surface area contributed by atoms with Crippen LogP contribution in [-0.2, 0) is 71.8 Å². The number of fused-ring (bicyclic) bond motifs is 4. The molecule has 30 nitrogen and oxygen atoms in total. The molecule has 592 valence electrons. The molecule has 0 aromatic carbocycles. The highest BCUT2D eigenvalue weighted by atomic mass is 16.7. The molecule has 4 fully saturated rings. The largest absolute Gasteiger partial charge is 0.453 e. The summed E-state index contributed by atoms with van der Waals surface area (Å²) in [5.41, 5.74) is -1.42. The summed E-state index contributed by atoms with van der Waals surface area (Å²) in [6, 6.07) is -16.9. The van der Waals surface area contributed by atoms with Crippen LogP contribution >= 0.6 is 0 Å². The minimum Gasteiger partial charge on any atom is -0.453 e. The van der Waals surface area contributed by atoms with Crippen LogP contribution in [0, 0.1) is 40.9 Å². The van der Waals surface area contributed by atoms with Crippen molar-refractivity contribution in [3.05, 3.63) is 0 Å². The number of unbranched alkanes of at least 4 members (excludes halogenated alkanes) is 2. The molecule has 4 aliphatic rings. The number of amides is 13. The lowest BCUT2D eigenvalue weighted by atomic mass is 9.81. The molecule has 0 aliphatic carbocycles. The van der Waals surface area contributed by atoms with Gasteiger partial charge in [0.25, 0.3) is 5.91 Å². The maximum atomic E-state index is 15.7. The molecule has 0 spiro atoms. The fourth-order valence-corrected chi connectivity index (χ4v) is 15.0. The van der Waals surface area contributed by atoms with Crippen LogP contribution in [-0.4, -0.2) is 307 Å². The van der Waals surface area contributed by atoms with E-state index in [4.69, 9.17) is 14.3 Å². The number of carbonyl (C=O) groups excluding carboxylic acids is 13. The number of nitrogens with one attached hydrogen (secondary N) is 4. The monoisotopic (exact) mass is 1470 g/mol.